The third kappa shape index (κ3) is 5.65. The van der Waals surface area contributed by atoms with Gasteiger partial charge in [-0.3, -0.25) is 9.59 Å². The minimum Gasteiger partial charge on any atom is -0.481 e. The van der Waals surface area contributed by atoms with Crippen LogP contribution in [0, 0.1) is 0 Å². The zero-order valence-corrected chi connectivity index (χ0v) is 19.1. The number of carbonyl (C=O) groups excluding carboxylic acids is 2. The van der Waals surface area contributed by atoms with Gasteiger partial charge < -0.3 is 20.5 Å². The number of amides is 2. The number of aliphatic carboxylic acids is 1. The Morgan fingerprint density at radius 1 is 1.00 bits per heavy atom. The first-order valence-corrected chi connectivity index (χ1v) is 11.8. The smallest absolute Gasteiger partial charge is 0.407 e. The zero-order chi connectivity index (χ0) is 23.9. The van der Waals surface area contributed by atoms with E-state index in [1.54, 1.807) is 0 Å². The number of hydrogen-bond donors (Lipinski definition) is 3. The van der Waals surface area contributed by atoms with Gasteiger partial charge in [-0.2, -0.15) is 0 Å². The molecule has 2 aliphatic carbocycles. The van der Waals surface area contributed by atoms with E-state index in [9.17, 15) is 19.5 Å². The van der Waals surface area contributed by atoms with E-state index in [2.05, 4.69) is 16.7 Å². The second kappa shape index (κ2) is 11.0. The van der Waals surface area contributed by atoms with Crippen LogP contribution in [0.25, 0.3) is 11.1 Å². The molecule has 7 heteroatoms. The normalized spacial score (nSPS) is 15.5. The third-order valence-electron chi connectivity index (χ3n) is 6.46. The molecule has 0 radical (unpaired) electrons. The number of allylic oxidation sites excluding steroid dienone is 1. The minimum atomic E-state index is -1.20. The summed E-state index contributed by atoms with van der Waals surface area (Å²) >= 11 is 0. The Labute approximate surface area is 199 Å². The molecule has 1 atom stereocenters. The van der Waals surface area contributed by atoms with Gasteiger partial charge >= 0.3 is 12.1 Å². The van der Waals surface area contributed by atoms with Gasteiger partial charge in [0.1, 0.15) is 12.6 Å². The second-order valence-electron chi connectivity index (χ2n) is 8.77. The lowest BCUT2D eigenvalue weighted by Crippen LogP contribution is -2.48. The molecular weight excluding hydrogens is 432 g/mol. The summed E-state index contributed by atoms with van der Waals surface area (Å²) in [6.07, 6.45) is 6.07. The van der Waals surface area contributed by atoms with Crippen molar-refractivity contribution < 1.29 is 24.2 Å². The topological polar surface area (TPSA) is 105 Å². The molecular formula is C27H30N2O5. The molecule has 0 bridgehead atoms. The number of nitrogens with one attached hydrogen (secondary N) is 2. The van der Waals surface area contributed by atoms with Crippen LogP contribution in [0.2, 0.25) is 0 Å². The number of carboxylic acids is 1. The summed E-state index contributed by atoms with van der Waals surface area (Å²) < 4.78 is 5.47. The molecule has 0 aliphatic heterocycles. The first kappa shape index (κ1) is 23.5. The van der Waals surface area contributed by atoms with E-state index in [0.717, 1.165) is 47.9 Å². The van der Waals surface area contributed by atoms with Crippen LogP contribution in [-0.4, -0.2) is 42.3 Å². The van der Waals surface area contributed by atoms with Gasteiger partial charge in [0.15, 0.2) is 0 Å². The van der Waals surface area contributed by atoms with E-state index >= 15 is 0 Å². The number of benzene rings is 2. The van der Waals surface area contributed by atoms with Crippen LogP contribution in [0.4, 0.5) is 4.79 Å². The van der Waals surface area contributed by atoms with E-state index < -0.39 is 30.4 Å². The lowest BCUT2D eigenvalue weighted by molar-refractivity contribution is -0.139. The van der Waals surface area contributed by atoms with Crippen molar-refractivity contribution in [2.45, 2.75) is 50.5 Å². The Hall–Kier alpha value is -3.61. The number of fused-ring (bicyclic) bond motifs is 3. The maximum absolute atomic E-state index is 12.6. The van der Waals surface area contributed by atoms with Crippen molar-refractivity contribution in [3.63, 3.8) is 0 Å². The maximum atomic E-state index is 12.6. The van der Waals surface area contributed by atoms with Crippen LogP contribution < -0.4 is 10.6 Å². The van der Waals surface area contributed by atoms with E-state index in [1.807, 2.05) is 48.5 Å². The summed E-state index contributed by atoms with van der Waals surface area (Å²) in [5.74, 6) is -1.81. The highest BCUT2D eigenvalue weighted by molar-refractivity contribution is 5.89. The van der Waals surface area contributed by atoms with E-state index in [0.29, 0.717) is 6.54 Å². The van der Waals surface area contributed by atoms with Crippen molar-refractivity contribution in [3.8, 4) is 11.1 Å². The zero-order valence-electron chi connectivity index (χ0n) is 19.1. The highest BCUT2D eigenvalue weighted by Crippen LogP contribution is 2.44. The Morgan fingerprint density at radius 2 is 1.68 bits per heavy atom. The fourth-order valence-electron chi connectivity index (χ4n) is 4.77. The molecule has 1 unspecified atom stereocenters. The molecule has 0 aromatic heterocycles. The molecule has 2 aliphatic rings. The molecule has 7 nitrogen and oxygen atoms in total. The molecule has 4 rings (SSSR count). The minimum absolute atomic E-state index is 0.0927. The highest BCUT2D eigenvalue weighted by atomic mass is 16.5. The van der Waals surface area contributed by atoms with Gasteiger partial charge in [0.25, 0.3) is 0 Å². The van der Waals surface area contributed by atoms with Crippen LogP contribution >= 0.6 is 0 Å². The molecule has 0 fully saturated rings. The van der Waals surface area contributed by atoms with Crippen LogP contribution in [0.1, 0.15) is 55.6 Å². The molecule has 178 valence electrons. The largest absolute Gasteiger partial charge is 0.481 e. The average molecular weight is 463 g/mol. The molecule has 0 spiro atoms. The van der Waals surface area contributed by atoms with Crippen molar-refractivity contribution in [1.82, 2.24) is 10.6 Å². The SMILES string of the molecule is O=C(O)CC(NC(=O)OCC1c2ccccc2-c2ccccc21)C(=O)NCCC1=CCCCC1. The molecule has 0 saturated carbocycles. The standard InChI is InChI=1S/C27H30N2O5/c30-25(31)16-24(26(32)28-15-14-18-8-2-1-3-9-18)29-27(33)34-17-23-21-12-6-4-10-19(21)20-11-5-7-13-22(20)23/h4-8,10-13,23-24H,1-3,9,14-17H2,(H,28,32)(H,29,33)(H,30,31). The summed E-state index contributed by atoms with van der Waals surface area (Å²) in [4.78, 5) is 36.4. The molecule has 3 N–H and O–H groups in total. The number of carboxylic acid groups (broad SMARTS) is 1. The monoisotopic (exact) mass is 462 g/mol. The molecule has 0 heterocycles. The summed E-state index contributed by atoms with van der Waals surface area (Å²) in [6, 6.07) is 14.8. The quantitative estimate of drug-likeness (QED) is 0.480. The Bertz CT molecular complexity index is 1050. The van der Waals surface area contributed by atoms with Gasteiger partial charge in [-0.25, -0.2) is 4.79 Å². The summed E-state index contributed by atoms with van der Waals surface area (Å²) in [7, 11) is 0. The maximum Gasteiger partial charge on any atom is 0.407 e. The Kier molecular flexibility index (Phi) is 7.62. The lowest BCUT2D eigenvalue weighted by atomic mass is 9.97. The van der Waals surface area contributed by atoms with Gasteiger partial charge in [-0.1, -0.05) is 60.2 Å². The van der Waals surface area contributed by atoms with Crippen LogP contribution in [-0.2, 0) is 14.3 Å². The third-order valence-corrected chi connectivity index (χ3v) is 6.46. The summed E-state index contributed by atoms with van der Waals surface area (Å²) in [6.45, 7) is 0.503. The number of rotatable bonds is 9. The highest BCUT2D eigenvalue weighted by Gasteiger charge is 2.30. The predicted octanol–water partition coefficient (Wildman–Crippen LogP) is 4.38. The summed E-state index contributed by atoms with van der Waals surface area (Å²) in [5, 5.41) is 14.4. The van der Waals surface area contributed by atoms with Crippen LogP contribution in [0.15, 0.2) is 60.2 Å². The molecule has 0 saturated heterocycles. The Morgan fingerprint density at radius 3 is 2.29 bits per heavy atom. The average Bonchev–Trinajstić information content (AvgIpc) is 3.16. The van der Waals surface area contributed by atoms with Crippen molar-refractivity contribution in [1.29, 1.82) is 0 Å². The molecule has 34 heavy (non-hydrogen) atoms. The number of ether oxygens (including phenoxy) is 1. The van der Waals surface area contributed by atoms with E-state index in [4.69, 9.17) is 4.74 Å². The van der Waals surface area contributed by atoms with E-state index in [1.165, 1.54) is 12.0 Å². The fourth-order valence-corrected chi connectivity index (χ4v) is 4.77. The van der Waals surface area contributed by atoms with Crippen LogP contribution in [0.5, 0.6) is 0 Å². The van der Waals surface area contributed by atoms with Gasteiger partial charge in [0.2, 0.25) is 5.91 Å². The number of carbonyl (C=O) groups is 3. The van der Waals surface area contributed by atoms with Crippen molar-refractivity contribution in [2.75, 3.05) is 13.2 Å². The van der Waals surface area contributed by atoms with E-state index in [-0.39, 0.29) is 12.5 Å². The summed E-state index contributed by atoms with van der Waals surface area (Å²) in [5.41, 5.74) is 5.69. The second-order valence-corrected chi connectivity index (χ2v) is 8.77. The first-order valence-electron chi connectivity index (χ1n) is 11.8. The van der Waals surface area contributed by atoms with Gasteiger partial charge in [0, 0.05) is 12.5 Å². The number of alkyl carbamates (subject to hydrolysis) is 1. The molecule has 2 amide bonds. The van der Waals surface area contributed by atoms with Crippen molar-refractivity contribution >= 4 is 18.0 Å². The molecule has 2 aromatic rings. The Balaban J connectivity index is 1.33. The van der Waals surface area contributed by atoms with Gasteiger partial charge in [0.05, 0.1) is 6.42 Å². The fraction of sp³-hybridized carbons (Fsp3) is 0.370. The number of hydrogen-bond acceptors (Lipinski definition) is 4. The first-order chi connectivity index (χ1) is 16.5. The van der Waals surface area contributed by atoms with Gasteiger partial charge in [-0.05, 0) is 54.4 Å². The van der Waals surface area contributed by atoms with Gasteiger partial charge in [-0.15, -0.1) is 0 Å². The molecule has 2 aromatic carbocycles. The lowest BCUT2D eigenvalue weighted by Gasteiger charge is -2.19. The predicted molar refractivity (Wildman–Crippen MR) is 128 cm³/mol. The van der Waals surface area contributed by atoms with Crippen molar-refractivity contribution in [3.05, 3.63) is 71.3 Å². The van der Waals surface area contributed by atoms with Crippen LogP contribution in [0.3, 0.4) is 0 Å². The van der Waals surface area contributed by atoms with Crippen molar-refractivity contribution in [2.24, 2.45) is 0 Å².